The molecular formula is C12H9BrFN3O. The zero-order chi connectivity index (χ0) is 13.1. The van der Waals surface area contributed by atoms with E-state index < -0.39 is 11.7 Å². The summed E-state index contributed by atoms with van der Waals surface area (Å²) < 4.78 is 14.2. The number of rotatable bonds is 2. The first-order valence-corrected chi connectivity index (χ1v) is 5.90. The van der Waals surface area contributed by atoms with E-state index >= 15 is 0 Å². The second kappa shape index (κ2) is 5.22. The zero-order valence-corrected chi connectivity index (χ0v) is 11.0. The number of pyridine rings is 2. The molecule has 0 saturated heterocycles. The normalized spacial score (nSPS) is 10.2. The van der Waals surface area contributed by atoms with Gasteiger partial charge in [-0.3, -0.25) is 9.78 Å². The van der Waals surface area contributed by atoms with Crippen LogP contribution in [-0.4, -0.2) is 15.9 Å². The number of nitrogens with zero attached hydrogens (tertiary/aromatic N) is 2. The first kappa shape index (κ1) is 12.6. The van der Waals surface area contributed by atoms with Crippen LogP contribution in [0.2, 0.25) is 0 Å². The topological polar surface area (TPSA) is 54.9 Å². The Morgan fingerprint density at radius 1 is 1.44 bits per heavy atom. The van der Waals surface area contributed by atoms with Gasteiger partial charge < -0.3 is 5.32 Å². The van der Waals surface area contributed by atoms with Gasteiger partial charge in [-0.15, -0.1) is 0 Å². The van der Waals surface area contributed by atoms with E-state index in [1.54, 1.807) is 12.3 Å². The van der Waals surface area contributed by atoms with Crippen LogP contribution < -0.4 is 5.32 Å². The molecule has 2 aromatic rings. The van der Waals surface area contributed by atoms with Crippen LogP contribution in [0, 0.1) is 12.7 Å². The Balaban J connectivity index is 2.22. The van der Waals surface area contributed by atoms with E-state index in [4.69, 9.17) is 0 Å². The highest BCUT2D eigenvalue weighted by atomic mass is 79.9. The highest BCUT2D eigenvalue weighted by Gasteiger charge is 2.12. The maximum Gasteiger partial charge on any atom is 0.259 e. The van der Waals surface area contributed by atoms with Crippen molar-refractivity contribution in [3.05, 3.63) is 52.1 Å². The predicted octanol–water partition coefficient (Wildman–Crippen LogP) is 2.94. The Morgan fingerprint density at radius 3 is 2.89 bits per heavy atom. The van der Waals surface area contributed by atoms with Crippen molar-refractivity contribution in [3.63, 3.8) is 0 Å². The number of nitrogens with one attached hydrogen (secondary N) is 1. The van der Waals surface area contributed by atoms with Gasteiger partial charge in [-0.1, -0.05) is 0 Å². The molecule has 0 aliphatic carbocycles. The maximum atomic E-state index is 13.3. The number of halogens is 2. The third kappa shape index (κ3) is 2.70. The van der Waals surface area contributed by atoms with Crippen LogP contribution in [0.15, 0.2) is 35.2 Å². The van der Waals surface area contributed by atoms with Crippen molar-refractivity contribution in [3.8, 4) is 0 Å². The van der Waals surface area contributed by atoms with Crippen LogP contribution in [-0.2, 0) is 0 Å². The predicted molar refractivity (Wildman–Crippen MR) is 68.8 cm³/mol. The van der Waals surface area contributed by atoms with Gasteiger partial charge in [-0.05, 0) is 40.5 Å². The van der Waals surface area contributed by atoms with Gasteiger partial charge in [-0.25, -0.2) is 9.37 Å². The van der Waals surface area contributed by atoms with Crippen molar-refractivity contribution in [1.29, 1.82) is 0 Å². The molecule has 18 heavy (non-hydrogen) atoms. The standard InChI is InChI=1S/C12H9BrFN3O/c1-7-4-11(16-5-9(7)13)17-12(18)8-2-3-15-6-10(8)14/h2-6H,1H3,(H,16,17,18). The van der Waals surface area contributed by atoms with E-state index in [1.165, 1.54) is 12.3 Å². The Bertz CT molecular complexity index is 604. The SMILES string of the molecule is Cc1cc(NC(=O)c2ccncc2F)ncc1Br. The van der Waals surface area contributed by atoms with Crippen molar-refractivity contribution in [2.24, 2.45) is 0 Å². The third-order valence-corrected chi connectivity index (χ3v) is 3.14. The van der Waals surface area contributed by atoms with Crippen LogP contribution in [0.25, 0.3) is 0 Å². The summed E-state index contributed by atoms with van der Waals surface area (Å²) in [7, 11) is 0. The molecule has 1 N–H and O–H groups in total. The molecule has 0 spiro atoms. The highest BCUT2D eigenvalue weighted by Crippen LogP contribution is 2.18. The average Bonchev–Trinajstić information content (AvgIpc) is 2.34. The molecule has 0 radical (unpaired) electrons. The molecule has 4 nitrogen and oxygen atoms in total. The van der Waals surface area contributed by atoms with Gasteiger partial charge in [0.15, 0.2) is 5.82 Å². The molecule has 0 saturated carbocycles. The molecule has 0 aromatic carbocycles. The molecule has 2 aromatic heterocycles. The number of aromatic nitrogens is 2. The van der Waals surface area contributed by atoms with Gasteiger partial charge >= 0.3 is 0 Å². The van der Waals surface area contributed by atoms with E-state index in [-0.39, 0.29) is 5.56 Å². The van der Waals surface area contributed by atoms with E-state index in [1.807, 2.05) is 6.92 Å². The summed E-state index contributed by atoms with van der Waals surface area (Å²) in [5, 5.41) is 2.53. The number of anilines is 1. The summed E-state index contributed by atoms with van der Waals surface area (Å²) in [6, 6.07) is 3.01. The molecule has 0 atom stereocenters. The van der Waals surface area contributed by atoms with Crippen molar-refractivity contribution in [2.45, 2.75) is 6.92 Å². The first-order valence-electron chi connectivity index (χ1n) is 5.11. The second-order valence-electron chi connectivity index (χ2n) is 3.63. The summed E-state index contributed by atoms with van der Waals surface area (Å²) in [5.41, 5.74) is 0.864. The van der Waals surface area contributed by atoms with Crippen LogP contribution >= 0.6 is 15.9 Å². The monoisotopic (exact) mass is 309 g/mol. The highest BCUT2D eigenvalue weighted by molar-refractivity contribution is 9.10. The quantitative estimate of drug-likeness (QED) is 0.928. The molecule has 2 rings (SSSR count). The van der Waals surface area contributed by atoms with Gasteiger partial charge in [-0.2, -0.15) is 0 Å². The lowest BCUT2D eigenvalue weighted by Gasteiger charge is -2.06. The number of amides is 1. The van der Waals surface area contributed by atoms with Gasteiger partial charge in [0.25, 0.3) is 5.91 Å². The van der Waals surface area contributed by atoms with Gasteiger partial charge in [0.05, 0.1) is 11.8 Å². The number of aryl methyl sites for hydroxylation is 1. The fourth-order valence-corrected chi connectivity index (χ4v) is 1.57. The Labute approximate surface area is 111 Å². The lowest BCUT2D eigenvalue weighted by atomic mass is 10.2. The van der Waals surface area contributed by atoms with Crippen LogP contribution in [0.3, 0.4) is 0 Å². The number of hydrogen-bond donors (Lipinski definition) is 1. The van der Waals surface area contributed by atoms with E-state index in [2.05, 4.69) is 31.2 Å². The maximum absolute atomic E-state index is 13.3. The smallest absolute Gasteiger partial charge is 0.259 e. The van der Waals surface area contributed by atoms with Crippen molar-refractivity contribution in [2.75, 3.05) is 5.32 Å². The van der Waals surface area contributed by atoms with Crippen LogP contribution in [0.5, 0.6) is 0 Å². The second-order valence-corrected chi connectivity index (χ2v) is 4.48. The van der Waals surface area contributed by atoms with Crippen LogP contribution in [0.1, 0.15) is 15.9 Å². The van der Waals surface area contributed by atoms with E-state index in [9.17, 15) is 9.18 Å². The average molecular weight is 310 g/mol. The molecule has 1 amide bonds. The number of carbonyl (C=O) groups is 1. The number of carbonyl (C=O) groups excluding carboxylic acids is 1. The number of hydrogen-bond acceptors (Lipinski definition) is 3. The van der Waals surface area contributed by atoms with Gasteiger partial charge in [0.1, 0.15) is 5.82 Å². The molecule has 0 aliphatic rings. The lowest BCUT2D eigenvalue weighted by molar-refractivity contribution is 0.102. The zero-order valence-electron chi connectivity index (χ0n) is 9.45. The van der Waals surface area contributed by atoms with E-state index in [0.29, 0.717) is 5.82 Å². The fraction of sp³-hybridized carbons (Fsp3) is 0.0833. The Morgan fingerprint density at radius 2 is 2.22 bits per heavy atom. The fourth-order valence-electron chi connectivity index (χ4n) is 1.35. The Hall–Kier alpha value is -1.82. The van der Waals surface area contributed by atoms with Gasteiger partial charge in [0, 0.05) is 16.9 Å². The van der Waals surface area contributed by atoms with Crippen molar-refractivity contribution >= 4 is 27.7 Å². The van der Waals surface area contributed by atoms with Crippen LogP contribution in [0.4, 0.5) is 10.2 Å². The van der Waals surface area contributed by atoms with E-state index in [0.717, 1.165) is 16.2 Å². The summed E-state index contributed by atoms with van der Waals surface area (Å²) >= 11 is 3.31. The molecule has 0 bridgehead atoms. The Kier molecular flexibility index (Phi) is 3.66. The third-order valence-electron chi connectivity index (χ3n) is 2.31. The largest absolute Gasteiger partial charge is 0.306 e. The summed E-state index contributed by atoms with van der Waals surface area (Å²) in [6.07, 6.45) is 3.93. The minimum atomic E-state index is -0.663. The minimum Gasteiger partial charge on any atom is -0.306 e. The van der Waals surface area contributed by atoms with Crippen molar-refractivity contribution in [1.82, 2.24) is 9.97 Å². The molecule has 2 heterocycles. The summed E-state index contributed by atoms with van der Waals surface area (Å²) in [4.78, 5) is 19.4. The molecular weight excluding hydrogens is 301 g/mol. The molecule has 0 unspecified atom stereocenters. The minimum absolute atomic E-state index is 0.0626. The molecule has 6 heteroatoms. The molecule has 92 valence electrons. The summed E-state index contributed by atoms with van der Waals surface area (Å²) in [6.45, 7) is 1.87. The molecule has 0 aliphatic heterocycles. The lowest BCUT2D eigenvalue weighted by Crippen LogP contribution is -2.14. The van der Waals surface area contributed by atoms with Crippen molar-refractivity contribution < 1.29 is 9.18 Å². The molecule has 0 fully saturated rings. The van der Waals surface area contributed by atoms with Gasteiger partial charge in [0.2, 0.25) is 0 Å². The summed E-state index contributed by atoms with van der Waals surface area (Å²) in [5.74, 6) is -0.843. The first-order chi connectivity index (χ1) is 8.58.